The Hall–Kier alpha value is -1.15. The second kappa shape index (κ2) is 5.80. The van der Waals surface area contributed by atoms with E-state index >= 15 is 0 Å². The molecular formula is C14H20N2. The van der Waals surface area contributed by atoms with E-state index in [-0.39, 0.29) is 0 Å². The van der Waals surface area contributed by atoms with Gasteiger partial charge in [-0.1, -0.05) is 18.6 Å². The van der Waals surface area contributed by atoms with Gasteiger partial charge in [0, 0.05) is 12.7 Å². The number of piperidine rings is 1. The lowest BCUT2D eigenvalue weighted by atomic mass is 10.1. The normalized spacial score (nSPS) is 18.1. The van der Waals surface area contributed by atoms with Crippen LogP contribution in [0.25, 0.3) is 6.08 Å². The van der Waals surface area contributed by atoms with Crippen molar-refractivity contribution in [1.29, 1.82) is 0 Å². The zero-order valence-corrected chi connectivity index (χ0v) is 10.0. The van der Waals surface area contributed by atoms with Crippen LogP contribution in [0.1, 0.15) is 30.5 Å². The first-order valence-corrected chi connectivity index (χ1v) is 6.16. The summed E-state index contributed by atoms with van der Waals surface area (Å²) in [5.74, 6) is 0. The summed E-state index contributed by atoms with van der Waals surface area (Å²) >= 11 is 0. The molecule has 1 fully saturated rings. The summed E-state index contributed by atoms with van der Waals surface area (Å²) in [7, 11) is 0. The Morgan fingerprint density at radius 1 is 1.25 bits per heavy atom. The SMILES string of the molecule is Cc1ccc(/C=C/CN2CCCCC2)nc1. The molecule has 0 bridgehead atoms. The fourth-order valence-corrected chi connectivity index (χ4v) is 2.04. The molecule has 0 aromatic carbocycles. The van der Waals surface area contributed by atoms with Crippen molar-refractivity contribution < 1.29 is 0 Å². The number of hydrogen-bond donors (Lipinski definition) is 0. The number of pyridine rings is 1. The van der Waals surface area contributed by atoms with Crippen LogP contribution >= 0.6 is 0 Å². The summed E-state index contributed by atoms with van der Waals surface area (Å²) in [4.78, 5) is 6.86. The number of aromatic nitrogens is 1. The Bertz CT molecular complexity index is 334. The van der Waals surface area contributed by atoms with E-state index in [0.29, 0.717) is 0 Å². The van der Waals surface area contributed by atoms with Gasteiger partial charge in [0.1, 0.15) is 0 Å². The van der Waals surface area contributed by atoms with E-state index in [4.69, 9.17) is 0 Å². The van der Waals surface area contributed by atoms with Crippen LogP contribution in [0, 0.1) is 6.92 Å². The highest BCUT2D eigenvalue weighted by Crippen LogP contribution is 2.08. The fourth-order valence-electron chi connectivity index (χ4n) is 2.04. The average Bonchev–Trinajstić information content (AvgIpc) is 2.33. The first-order chi connectivity index (χ1) is 7.84. The minimum absolute atomic E-state index is 1.06. The number of rotatable bonds is 3. The molecule has 0 aliphatic carbocycles. The molecule has 1 aliphatic heterocycles. The van der Waals surface area contributed by atoms with E-state index in [0.717, 1.165) is 12.2 Å². The summed E-state index contributed by atoms with van der Waals surface area (Å²) in [6, 6.07) is 4.18. The van der Waals surface area contributed by atoms with E-state index in [1.54, 1.807) is 0 Å². The van der Waals surface area contributed by atoms with Gasteiger partial charge in [0.15, 0.2) is 0 Å². The van der Waals surface area contributed by atoms with Gasteiger partial charge in [0.05, 0.1) is 5.69 Å². The van der Waals surface area contributed by atoms with E-state index in [2.05, 4.69) is 41.1 Å². The van der Waals surface area contributed by atoms with Crippen molar-refractivity contribution in [3.63, 3.8) is 0 Å². The van der Waals surface area contributed by atoms with Crippen molar-refractivity contribution in [3.05, 3.63) is 35.7 Å². The maximum atomic E-state index is 4.36. The fraction of sp³-hybridized carbons (Fsp3) is 0.500. The molecule has 0 atom stereocenters. The van der Waals surface area contributed by atoms with Crippen LogP contribution in [0.3, 0.4) is 0 Å². The van der Waals surface area contributed by atoms with Crippen molar-refractivity contribution in [1.82, 2.24) is 9.88 Å². The van der Waals surface area contributed by atoms with Crippen molar-refractivity contribution in [3.8, 4) is 0 Å². The summed E-state index contributed by atoms with van der Waals surface area (Å²) in [5, 5.41) is 0. The molecule has 2 nitrogen and oxygen atoms in total. The predicted molar refractivity (Wildman–Crippen MR) is 68.3 cm³/mol. The molecule has 1 aromatic heterocycles. The monoisotopic (exact) mass is 216 g/mol. The van der Waals surface area contributed by atoms with Crippen LogP contribution in [0.15, 0.2) is 24.4 Å². The zero-order valence-electron chi connectivity index (χ0n) is 10.0. The summed E-state index contributed by atoms with van der Waals surface area (Å²) < 4.78 is 0. The molecule has 2 heterocycles. The lowest BCUT2D eigenvalue weighted by molar-refractivity contribution is 0.252. The van der Waals surface area contributed by atoms with Crippen LogP contribution in [-0.4, -0.2) is 29.5 Å². The molecule has 0 unspecified atom stereocenters. The Kier molecular flexibility index (Phi) is 4.11. The molecule has 2 rings (SSSR count). The van der Waals surface area contributed by atoms with Crippen LogP contribution in [-0.2, 0) is 0 Å². The number of nitrogens with zero attached hydrogens (tertiary/aromatic N) is 2. The Balaban J connectivity index is 1.82. The van der Waals surface area contributed by atoms with Gasteiger partial charge in [-0.25, -0.2) is 0 Å². The maximum absolute atomic E-state index is 4.36. The van der Waals surface area contributed by atoms with E-state index < -0.39 is 0 Å². The molecule has 0 amide bonds. The highest BCUT2D eigenvalue weighted by Gasteiger charge is 2.07. The smallest absolute Gasteiger partial charge is 0.0627 e. The molecule has 1 saturated heterocycles. The minimum atomic E-state index is 1.06. The molecule has 0 saturated carbocycles. The maximum Gasteiger partial charge on any atom is 0.0627 e. The molecule has 16 heavy (non-hydrogen) atoms. The van der Waals surface area contributed by atoms with Gasteiger partial charge >= 0.3 is 0 Å². The third-order valence-electron chi connectivity index (χ3n) is 3.04. The van der Waals surface area contributed by atoms with Gasteiger partial charge in [-0.3, -0.25) is 9.88 Å². The lowest BCUT2D eigenvalue weighted by Crippen LogP contribution is -2.29. The largest absolute Gasteiger partial charge is 0.300 e. The topological polar surface area (TPSA) is 16.1 Å². The average molecular weight is 216 g/mol. The molecule has 1 aliphatic rings. The van der Waals surface area contributed by atoms with Gasteiger partial charge in [-0.05, 0) is 50.6 Å². The lowest BCUT2D eigenvalue weighted by Gasteiger charge is -2.24. The van der Waals surface area contributed by atoms with Gasteiger partial charge < -0.3 is 0 Å². The molecule has 2 heteroatoms. The van der Waals surface area contributed by atoms with E-state index in [1.807, 2.05) is 6.20 Å². The van der Waals surface area contributed by atoms with Gasteiger partial charge in [0.2, 0.25) is 0 Å². The van der Waals surface area contributed by atoms with Crippen molar-refractivity contribution in [2.24, 2.45) is 0 Å². The third-order valence-corrected chi connectivity index (χ3v) is 3.04. The van der Waals surface area contributed by atoms with Crippen LogP contribution < -0.4 is 0 Å². The third kappa shape index (κ3) is 3.46. The molecule has 86 valence electrons. The minimum Gasteiger partial charge on any atom is -0.300 e. The summed E-state index contributed by atoms with van der Waals surface area (Å²) in [5.41, 5.74) is 2.27. The van der Waals surface area contributed by atoms with Crippen molar-refractivity contribution >= 4 is 6.08 Å². The predicted octanol–water partition coefficient (Wildman–Crippen LogP) is 2.89. The summed E-state index contributed by atoms with van der Waals surface area (Å²) in [6.45, 7) is 5.64. The van der Waals surface area contributed by atoms with Crippen LogP contribution in [0.2, 0.25) is 0 Å². The first kappa shape index (κ1) is 11.3. The second-order valence-electron chi connectivity index (χ2n) is 4.52. The molecule has 0 spiro atoms. The van der Waals surface area contributed by atoms with Crippen LogP contribution in [0.5, 0.6) is 0 Å². The first-order valence-electron chi connectivity index (χ1n) is 6.16. The van der Waals surface area contributed by atoms with Gasteiger partial charge in [0.25, 0.3) is 0 Å². The number of likely N-dealkylation sites (tertiary alicyclic amines) is 1. The van der Waals surface area contributed by atoms with Crippen molar-refractivity contribution in [2.45, 2.75) is 26.2 Å². The van der Waals surface area contributed by atoms with Crippen LogP contribution in [0.4, 0.5) is 0 Å². The Morgan fingerprint density at radius 3 is 2.75 bits per heavy atom. The molecule has 0 N–H and O–H groups in total. The Morgan fingerprint density at radius 2 is 2.06 bits per heavy atom. The van der Waals surface area contributed by atoms with E-state index in [1.165, 1.54) is 37.9 Å². The zero-order chi connectivity index (χ0) is 11.2. The van der Waals surface area contributed by atoms with Gasteiger partial charge in [-0.15, -0.1) is 0 Å². The summed E-state index contributed by atoms with van der Waals surface area (Å²) in [6.07, 6.45) is 10.4. The Labute approximate surface area is 98.0 Å². The van der Waals surface area contributed by atoms with E-state index in [9.17, 15) is 0 Å². The number of aryl methyl sites for hydroxylation is 1. The quantitative estimate of drug-likeness (QED) is 0.772. The standard InChI is InChI=1S/C14H20N2/c1-13-7-8-14(15-12-13)6-5-11-16-9-3-2-4-10-16/h5-8,12H,2-4,9-11H2,1H3/b6-5+. The number of hydrogen-bond acceptors (Lipinski definition) is 2. The molecular weight excluding hydrogens is 196 g/mol. The second-order valence-corrected chi connectivity index (χ2v) is 4.52. The highest BCUT2D eigenvalue weighted by atomic mass is 15.1. The van der Waals surface area contributed by atoms with Gasteiger partial charge in [-0.2, -0.15) is 0 Å². The van der Waals surface area contributed by atoms with Crippen molar-refractivity contribution in [2.75, 3.05) is 19.6 Å². The molecule has 1 aromatic rings. The molecule has 0 radical (unpaired) electrons. The highest BCUT2D eigenvalue weighted by molar-refractivity contribution is 5.44.